The number of hydrogen-bond donors (Lipinski definition) is 0. The van der Waals surface area contributed by atoms with Crippen LogP contribution in [-0.2, 0) is 39.7 Å². The molecule has 0 bridgehead atoms. The van der Waals surface area contributed by atoms with E-state index in [1.54, 1.807) is 0 Å². The number of aryl methyl sites for hydroxylation is 2. The van der Waals surface area contributed by atoms with Crippen molar-refractivity contribution in [3.63, 3.8) is 0 Å². The van der Waals surface area contributed by atoms with Gasteiger partial charge in [-0.15, -0.1) is 0 Å². The SMILES string of the molecule is Cc1ccc2c(c1)c1c(n2C)-c2ccccc2C1.[Cl-].[Cl-].[Zr]. The standard InChI is InChI=1S/C17H15N.2ClH.Zr/c1-11-7-8-16-14(9-11)15-10-12-5-3-4-6-13(12)17(15)18(16)2;;;/h3-9H,10H2,1-2H3;2*1H;/p-2. The molecule has 0 spiro atoms. The first-order chi connectivity index (χ1) is 8.75. The molecular weight excluding hydrogens is 380 g/mol. The molecular formula is C17H15Cl2NZr-2. The minimum absolute atomic E-state index is 0. The third-order valence-corrected chi connectivity index (χ3v) is 4.10. The first-order valence-corrected chi connectivity index (χ1v) is 6.42. The van der Waals surface area contributed by atoms with Gasteiger partial charge in [0.25, 0.3) is 0 Å². The summed E-state index contributed by atoms with van der Waals surface area (Å²) >= 11 is 0. The molecule has 1 nitrogen and oxygen atoms in total. The van der Waals surface area contributed by atoms with Crippen LogP contribution in [0.3, 0.4) is 0 Å². The van der Waals surface area contributed by atoms with Crippen molar-refractivity contribution in [3.8, 4) is 11.3 Å². The quantitative estimate of drug-likeness (QED) is 0.327. The predicted molar refractivity (Wildman–Crippen MR) is 75.9 cm³/mol. The summed E-state index contributed by atoms with van der Waals surface area (Å²) in [5.41, 5.74) is 8.46. The molecule has 1 heterocycles. The largest absolute Gasteiger partial charge is 1.00 e. The van der Waals surface area contributed by atoms with E-state index < -0.39 is 0 Å². The van der Waals surface area contributed by atoms with E-state index >= 15 is 0 Å². The number of halogens is 2. The number of rotatable bonds is 0. The van der Waals surface area contributed by atoms with Crippen molar-refractivity contribution >= 4 is 10.9 Å². The van der Waals surface area contributed by atoms with Gasteiger partial charge in [-0.05, 0) is 30.2 Å². The van der Waals surface area contributed by atoms with Crippen molar-refractivity contribution in [3.05, 3.63) is 59.2 Å². The second-order valence-electron chi connectivity index (χ2n) is 5.24. The maximum atomic E-state index is 2.34. The van der Waals surface area contributed by atoms with E-state index in [2.05, 4.69) is 61.0 Å². The predicted octanol–water partition coefficient (Wildman–Crippen LogP) is -1.94. The third kappa shape index (κ3) is 2.63. The van der Waals surface area contributed by atoms with Crippen molar-refractivity contribution in [1.29, 1.82) is 0 Å². The molecule has 0 aliphatic heterocycles. The number of aromatic nitrogens is 1. The van der Waals surface area contributed by atoms with Gasteiger partial charge >= 0.3 is 0 Å². The molecule has 0 saturated carbocycles. The van der Waals surface area contributed by atoms with E-state index in [9.17, 15) is 0 Å². The van der Waals surface area contributed by atoms with Gasteiger partial charge in [-0.3, -0.25) is 0 Å². The van der Waals surface area contributed by atoms with Crippen molar-refractivity contribution in [1.82, 2.24) is 4.57 Å². The van der Waals surface area contributed by atoms with E-state index in [1.165, 1.54) is 38.9 Å². The van der Waals surface area contributed by atoms with Crippen LogP contribution >= 0.6 is 0 Å². The topological polar surface area (TPSA) is 4.93 Å². The Morgan fingerprint density at radius 2 is 1.71 bits per heavy atom. The molecule has 0 saturated heterocycles. The molecule has 0 unspecified atom stereocenters. The minimum atomic E-state index is 0. The van der Waals surface area contributed by atoms with Gasteiger partial charge in [0, 0.05) is 56.1 Å². The zero-order valence-electron chi connectivity index (χ0n) is 12.0. The summed E-state index contributed by atoms with van der Waals surface area (Å²) in [6.45, 7) is 2.17. The summed E-state index contributed by atoms with van der Waals surface area (Å²) in [6.07, 6.45) is 1.08. The van der Waals surface area contributed by atoms with Crippen molar-refractivity contribution in [2.45, 2.75) is 13.3 Å². The minimum Gasteiger partial charge on any atom is -1.00 e. The molecule has 108 valence electrons. The molecule has 2 aromatic carbocycles. The molecule has 3 aromatic rings. The van der Waals surface area contributed by atoms with Crippen LogP contribution in [0.5, 0.6) is 0 Å². The molecule has 21 heavy (non-hydrogen) atoms. The fraction of sp³-hybridized carbons (Fsp3) is 0.176. The fourth-order valence-corrected chi connectivity index (χ4v) is 3.25. The number of fused-ring (bicyclic) bond motifs is 5. The van der Waals surface area contributed by atoms with E-state index in [4.69, 9.17) is 0 Å². The Kier molecular flexibility index (Phi) is 5.89. The van der Waals surface area contributed by atoms with E-state index in [0.29, 0.717) is 0 Å². The normalized spacial score (nSPS) is 11.0. The van der Waals surface area contributed by atoms with Crippen LogP contribution in [0.1, 0.15) is 16.7 Å². The van der Waals surface area contributed by atoms with Crippen molar-refractivity contribution < 1.29 is 51.0 Å². The van der Waals surface area contributed by atoms with Crippen molar-refractivity contribution in [2.75, 3.05) is 0 Å². The van der Waals surface area contributed by atoms with Gasteiger partial charge in [0.15, 0.2) is 0 Å². The molecule has 0 atom stereocenters. The first-order valence-electron chi connectivity index (χ1n) is 6.42. The maximum Gasteiger partial charge on any atom is 0.0527 e. The van der Waals surface area contributed by atoms with Crippen LogP contribution in [0.25, 0.3) is 22.2 Å². The Balaban J connectivity index is 0.000000735. The number of benzene rings is 2. The second-order valence-corrected chi connectivity index (χ2v) is 5.24. The van der Waals surface area contributed by atoms with Gasteiger partial charge in [0.1, 0.15) is 0 Å². The Morgan fingerprint density at radius 3 is 2.48 bits per heavy atom. The molecule has 0 amide bonds. The van der Waals surface area contributed by atoms with Gasteiger partial charge < -0.3 is 29.4 Å². The molecule has 4 heteroatoms. The van der Waals surface area contributed by atoms with Crippen LogP contribution in [0.4, 0.5) is 0 Å². The third-order valence-electron chi connectivity index (χ3n) is 4.10. The molecule has 0 fully saturated rings. The van der Waals surface area contributed by atoms with Gasteiger partial charge in [-0.2, -0.15) is 0 Å². The Hall–Kier alpha value is -0.557. The van der Waals surface area contributed by atoms with Crippen LogP contribution in [0.2, 0.25) is 0 Å². The number of nitrogens with zero attached hydrogens (tertiary/aromatic N) is 1. The summed E-state index contributed by atoms with van der Waals surface area (Å²) in [5.74, 6) is 0. The molecule has 0 N–H and O–H groups in total. The van der Waals surface area contributed by atoms with Crippen LogP contribution in [0, 0.1) is 6.92 Å². The van der Waals surface area contributed by atoms with Crippen molar-refractivity contribution in [2.24, 2.45) is 7.05 Å². The summed E-state index contributed by atoms with van der Waals surface area (Å²) in [7, 11) is 2.18. The fourth-order valence-electron chi connectivity index (χ4n) is 3.25. The van der Waals surface area contributed by atoms with Gasteiger partial charge in [0.05, 0.1) is 5.69 Å². The average Bonchev–Trinajstić information content (AvgIpc) is 2.87. The smallest absolute Gasteiger partial charge is 0.0527 e. The average molecular weight is 395 g/mol. The Labute approximate surface area is 156 Å². The van der Waals surface area contributed by atoms with Gasteiger partial charge in [0.2, 0.25) is 0 Å². The molecule has 1 aliphatic carbocycles. The number of hydrogen-bond acceptors (Lipinski definition) is 0. The second kappa shape index (κ2) is 6.69. The Bertz CT molecular complexity index is 793. The summed E-state index contributed by atoms with van der Waals surface area (Å²) in [5, 5.41) is 1.42. The van der Waals surface area contributed by atoms with E-state index in [0.717, 1.165) is 6.42 Å². The van der Waals surface area contributed by atoms with Gasteiger partial charge in [-0.1, -0.05) is 35.9 Å². The van der Waals surface area contributed by atoms with Crippen LogP contribution in [-0.4, -0.2) is 4.57 Å². The van der Waals surface area contributed by atoms with E-state index in [1.807, 2.05) is 0 Å². The van der Waals surface area contributed by atoms with E-state index in [-0.39, 0.29) is 51.0 Å². The maximum absolute atomic E-state index is 2.34. The summed E-state index contributed by atoms with van der Waals surface area (Å²) in [6, 6.07) is 15.5. The molecule has 1 aromatic heterocycles. The van der Waals surface area contributed by atoms with Gasteiger partial charge in [-0.25, -0.2) is 0 Å². The Morgan fingerprint density at radius 1 is 1.00 bits per heavy atom. The molecule has 4 rings (SSSR count). The monoisotopic (exact) mass is 393 g/mol. The molecule has 1 aliphatic rings. The first kappa shape index (κ1) is 18.5. The van der Waals surface area contributed by atoms with Crippen LogP contribution in [0.15, 0.2) is 42.5 Å². The summed E-state index contributed by atoms with van der Waals surface area (Å²) in [4.78, 5) is 0. The zero-order chi connectivity index (χ0) is 12.3. The summed E-state index contributed by atoms with van der Waals surface area (Å²) < 4.78 is 2.34. The van der Waals surface area contributed by atoms with Crippen LogP contribution < -0.4 is 24.8 Å². The zero-order valence-corrected chi connectivity index (χ0v) is 15.9. The molecule has 0 radical (unpaired) electrons.